The lowest BCUT2D eigenvalue weighted by molar-refractivity contribution is -0.161. The Labute approximate surface area is 409 Å². The average molecular weight is 1020 g/mol. The molecule has 68 heavy (non-hydrogen) atoms. The molecule has 0 aromatic heterocycles. The van der Waals surface area contributed by atoms with Gasteiger partial charge < -0.3 is 44.6 Å². The van der Waals surface area contributed by atoms with Gasteiger partial charge in [0.25, 0.3) is 0 Å². The van der Waals surface area contributed by atoms with Gasteiger partial charge in [-0.15, -0.1) is 0 Å². The molecule has 0 bridgehead atoms. The van der Waals surface area contributed by atoms with Crippen LogP contribution in [0.15, 0.2) is 12.2 Å². The summed E-state index contributed by atoms with van der Waals surface area (Å²) in [5, 5.41) is 41.3. The van der Waals surface area contributed by atoms with Crippen molar-refractivity contribution in [3.05, 3.63) is 12.2 Å². The normalized spacial score (nSPS) is 19.9. The van der Waals surface area contributed by atoms with E-state index in [9.17, 15) is 44.0 Å². The summed E-state index contributed by atoms with van der Waals surface area (Å²) in [6, 6.07) is 0. The van der Waals surface area contributed by atoms with Crippen molar-refractivity contribution in [1.29, 1.82) is 0 Å². The van der Waals surface area contributed by atoms with Crippen LogP contribution in [0.3, 0.4) is 0 Å². The van der Waals surface area contributed by atoms with Gasteiger partial charge in [-0.1, -0.05) is 187 Å². The lowest BCUT2D eigenvalue weighted by Crippen LogP contribution is -2.30. The summed E-state index contributed by atoms with van der Waals surface area (Å²) in [4.78, 5) is 53.2. The Morgan fingerprint density at radius 3 is 1.59 bits per heavy atom. The molecule has 1 aliphatic carbocycles. The Bertz CT molecular complexity index is 1380. The Morgan fingerprint density at radius 1 is 0.588 bits per heavy atom. The quantitative estimate of drug-likeness (QED) is 0.0129. The monoisotopic (exact) mass is 1010 g/mol. The summed E-state index contributed by atoms with van der Waals surface area (Å²) in [5.74, 6) is -0.720. The minimum Gasteiger partial charge on any atom is -0.462 e. The highest BCUT2D eigenvalue weighted by Crippen LogP contribution is 2.44. The third-order valence-electron chi connectivity index (χ3n) is 12.7. The number of ether oxygens (including phenoxy) is 2. The summed E-state index contributed by atoms with van der Waals surface area (Å²) >= 11 is 0. The molecular formula is C50H96O16P2. The van der Waals surface area contributed by atoms with Crippen molar-refractivity contribution >= 4 is 27.6 Å². The number of phosphoric ester groups is 2. The molecule has 1 fully saturated rings. The van der Waals surface area contributed by atoms with Crippen LogP contribution < -0.4 is 0 Å². The number of unbranched alkanes of at least 4 members (excludes halogenated alkanes) is 22. The number of hydrogen-bond donors (Lipinski definition) is 7. The van der Waals surface area contributed by atoms with Crippen LogP contribution in [0.5, 0.6) is 0 Å². The second-order valence-electron chi connectivity index (χ2n) is 19.6. The van der Waals surface area contributed by atoms with Gasteiger partial charge in [-0.2, -0.15) is 0 Å². The van der Waals surface area contributed by atoms with Crippen molar-refractivity contribution in [2.24, 2.45) is 17.8 Å². The van der Waals surface area contributed by atoms with E-state index in [0.29, 0.717) is 32.1 Å². The molecule has 0 aromatic rings. The van der Waals surface area contributed by atoms with E-state index in [4.69, 9.17) is 28.3 Å². The second-order valence-corrected chi connectivity index (χ2v) is 22.3. The number of carbonyl (C=O) groups is 2. The highest BCUT2D eigenvalue weighted by molar-refractivity contribution is 7.47. The van der Waals surface area contributed by atoms with Crippen LogP contribution in [0.25, 0.3) is 0 Å². The molecule has 1 aliphatic rings. The fourth-order valence-electron chi connectivity index (χ4n) is 8.63. The Morgan fingerprint density at radius 2 is 1.06 bits per heavy atom. The third kappa shape index (κ3) is 37.5. The molecule has 1 rings (SSSR count). The van der Waals surface area contributed by atoms with Gasteiger partial charge in [0.1, 0.15) is 12.7 Å². The van der Waals surface area contributed by atoms with Crippen LogP contribution in [0.2, 0.25) is 0 Å². The summed E-state index contributed by atoms with van der Waals surface area (Å²) in [5.41, 5.74) is 0. The lowest BCUT2D eigenvalue weighted by atomic mass is 9.88. The minimum absolute atomic E-state index is 0.00849. The van der Waals surface area contributed by atoms with Gasteiger partial charge in [0.15, 0.2) is 6.10 Å². The van der Waals surface area contributed by atoms with Gasteiger partial charge in [0.05, 0.1) is 38.1 Å². The summed E-state index contributed by atoms with van der Waals surface area (Å²) < 4.78 is 48.1. The second kappa shape index (κ2) is 40.2. The topological polar surface area (TPSA) is 256 Å². The highest BCUT2D eigenvalue weighted by atomic mass is 31.2. The molecule has 402 valence electrons. The molecule has 0 aromatic carbocycles. The van der Waals surface area contributed by atoms with Crippen molar-refractivity contribution in [1.82, 2.24) is 0 Å². The number of esters is 2. The highest BCUT2D eigenvalue weighted by Gasteiger charge is 2.39. The summed E-state index contributed by atoms with van der Waals surface area (Å²) in [6.45, 7) is 3.82. The number of carbonyl (C=O) groups excluding carboxylic acids is 2. The van der Waals surface area contributed by atoms with E-state index in [1.807, 2.05) is 6.08 Å². The molecule has 7 N–H and O–H groups in total. The molecular weight excluding hydrogens is 918 g/mol. The van der Waals surface area contributed by atoms with E-state index in [0.717, 1.165) is 57.3 Å². The first-order valence-electron chi connectivity index (χ1n) is 26.5. The van der Waals surface area contributed by atoms with Crippen LogP contribution in [0.4, 0.5) is 0 Å². The average Bonchev–Trinajstić information content (AvgIpc) is 3.55. The molecule has 1 saturated carbocycles. The van der Waals surface area contributed by atoms with Gasteiger partial charge in [-0.25, -0.2) is 9.13 Å². The first kappa shape index (κ1) is 64.8. The van der Waals surface area contributed by atoms with E-state index in [2.05, 4.69) is 25.3 Å². The van der Waals surface area contributed by atoms with Crippen LogP contribution in [-0.4, -0.2) is 104 Å². The minimum atomic E-state index is -4.90. The molecule has 16 nitrogen and oxygen atoms in total. The lowest BCUT2D eigenvalue weighted by Gasteiger charge is -2.21. The third-order valence-corrected chi connectivity index (χ3v) is 14.1. The largest absolute Gasteiger partial charge is 0.472 e. The van der Waals surface area contributed by atoms with Crippen LogP contribution >= 0.6 is 15.6 Å². The molecule has 8 atom stereocenters. The molecule has 0 saturated heterocycles. The number of aliphatic hydroxyl groups is 4. The molecule has 0 spiro atoms. The van der Waals surface area contributed by atoms with Crippen molar-refractivity contribution in [3.63, 3.8) is 0 Å². The molecule has 1 unspecified atom stereocenters. The Hall–Kier alpha value is -1.26. The fraction of sp³-hybridized carbons (Fsp3) is 0.920. The van der Waals surface area contributed by atoms with Crippen molar-refractivity contribution < 1.29 is 76.9 Å². The maximum Gasteiger partial charge on any atom is 0.472 e. The summed E-state index contributed by atoms with van der Waals surface area (Å²) in [7, 11) is -9.77. The summed E-state index contributed by atoms with van der Waals surface area (Å²) in [6.07, 6.45) is 29.7. The number of phosphoric acid groups is 2. The van der Waals surface area contributed by atoms with Crippen LogP contribution in [0, 0.1) is 17.8 Å². The number of hydrogen-bond acceptors (Lipinski definition) is 13. The van der Waals surface area contributed by atoms with Gasteiger partial charge in [-0.05, 0) is 37.5 Å². The maximum absolute atomic E-state index is 12.9. The van der Waals surface area contributed by atoms with E-state index >= 15 is 0 Å². The van der Waals surface area contributed by atoms with Crippen molar-refractivity contribution in [3.8, 4) is 0 Å². The maximum atomic E-state index is 12.9. The number of aliphatic hydroxyl groups excluding tert-OH is 4. The predicted octanol–water partition coefficient (Wildman–Crippen LogP) is 10.7. The molecule has 0 radical (unpaired) electrons. The van der Waals surface area contributed by atoms with E-state index < -0.39 is 84.5 Å². The number of rotatable bonds is 46. The predicted molar refractivity (Wildman–Crippen MR) is 264 cm³/mol. The van der Waals surface area contributed by atoms with E-state index in [1.54, 1.807) is 6.08 Å². The van der Waals surface area contributed by atoms with Crippen LogP contribution in [0.1, 0.15) is 220 Å². The van der Waals surface area contributed by atoms with Gasteiger partial charge in [0, 0.05) is 25.2 Å². The van der Waals surface area contributed by atoms with Gasteiger partial charge in [-0.3, -0.25) is 23.2 Å². The zero-order valence-corrected chi connectivity index (χ0v) is 44.0. The zero-order valence-electron chi connectivity index (χ0n) is 42.2. The van der Waals surface area contributed by atoms with E-state index in [-0.39, 0.29) is 31.1 Å². The molecule has 0 amide bonds. The van der Waals surface area contributed by atoms with Gasteiger partial charge >= 0.3 is 27.6 Å². The molecule has 0 aliphatic heterocycles. The van der Waals surface area contributed by atoms with Crippen molar-refractivity contribution in [2.45, 2.75) is 250 Å². The molecule has 0 heterocycles. The van der Waals surface area contributed by atoms with Gasteiger partial charge in [0.2, 0.25) is 0 Å². The Kier molecular flexibility index (Phi) is 38.3. The van der Waals surface area contributed by atoms with Crippen LogP contribution in [-0.2, 0) is 41.8 Å². The first-order valence-corrected chi connectivity index (χ1v) is 29.5. The first-order chi connectivity index (χ1) is 32.4. The zero-order chi connectivity index (χ0) is 50.5. The van der Waals surface area contributed by atoms with Crippen molar-refractivity contribution in [2.75, 3.05) is 26.4 Å². The molecule has 18 heteroatoms. The standard InChI is InChI=1S/C50H96O16P2/c1-4-5-24-30-42(51)34-35-46-45(47(53)36-48(46)54)31-26-22-23-28-33-50(56)66-44(40-65-68(60,61)64-38-43(52)37-63-67(57,58)59)39-62-49(55)32-27-21-19-17-15-13-11-9-7-6-8-10-12-14-16-18-20-25-29-41(2)3/h34-35,41-48,51-54H,4-33,36-40H2,1-3H3,(H,60,61)(H2,57,58,59)/b35-34+/t42-,43-,44+,45+,46+,47-,48+/m0/s1. The SMILES string of the molecule is CCCCC[C@H](O)/C=C/[C@@H]1[C@@H](CCCCCCC(=O)O[C@H](COC(=O)CCCCCCCCCCCCCCCCCCCCC(C)C)COP(=O)(O)OC[C@@H](O)COP(=O)(O)O)[C@@H](O)C[C@H]1O. The smallest absolute Gasteiger partial charge is 0.462 e. The van der Waals surface area contributed by atoms with E-state index in [1.165, 1.54) is 96.3 Å². The fourth-order valence-corrected chi connectivity index (χ4v) is 9.79. The Balaban J connectivity index is 2.42.